The summed E-state index contributed by atoms with van der Waals surface area (Å²) in [7, 11) is 0. The van der Waals surface area contributed by atoms with E-state index in [1.165, 1.54) is 10.9 Å². The molecule has 0 saturated carbocycles. The van der Waals surface area contributed by atoms with Gasteiger partial charge in [-0.15, -0.1) is 0 Å². The SMILES string of the molecule is Cc1cc(NC(=O)C2CC(=O)N(c3ccccc3)C2)n(-c2nc3c(cnn3-c3ccc(C)c(C)c3)c(=O)[nH]2)n1. The number of carbonyl (C=O) groups excluding carboxylic acids is 2. The number of anilines is 2. The van der Waals surface area contributed by atoms with E-state index < -0.39 is 5.92 Å². The molecular weight excluding hydrogens is 496 g/mol. The number of rotatable bonds is 5. The minimum absolute atomic E-state index is 0.101. The Balaban J connectivity index is 1.32. The molecule has 6 rings (SSSR count). The van der Waals surface area contributed by atoms with Crippen LogP contribution in [-0.2, 0) is 9.59 Å². The lowest BCUT2D eigenvalue weighted by molar-refractivity contribution is -0.122. The van der Waals surface area contributed by atoms with Crippen LogP contribution in [0.25, 0.3) is 22.7 Å². The number of H-pyrrole nitrogens is 1. The number of fused-ring (bicyclic) bond motifs is 1. The van der Waals surface area contributed by atoms with Crippen LogP contribution in [0.3, 0.4) is 0 Å². The summed E-state index contributed by atoms with van der Waals surface area (Å²) in [5.41, 5.74) is 4.36. The standard InChI is InChI=1S/C28H26N8O3/c1-16-9-10-21(11-17(16)2)35-25-22(14-29-35)27(39)32-28(31-25)36-23(12-18(3)33-36)30-26(38)19-13-24(37)34(15-19)20-7-5-4-6-8-20/h4-12,14,19H,13,15H2,1-3H3,(H,30,38)(H,31,32,39). The number of nitrogens with one attached hydrogen (secondary N) is 2. The molecule has 196 valence electrons. The summed E-state index contributed by atoms with van der Waals surface area (Å²) in [6.07, 6.45) is 1.58. The number of benzene rings is 2. The van der Waals surface area contributed by atoms with Gasteiger partial charge in [0.15, 0.2) is 5.65 Å². The quantitative estimate of drug-likeness (QED) is 0.365. The number of aromatic nitrogens is 6. The van der Waals surface area contributed by atoms with Crippen molar-refractivity contribution >= 4 is 34.4 Å². The molecule has 2 amide bonds. The average Bonchev–Trinajstić information content (AvgIpc) is 3.63. The Morgan fingerprint density at radius 1 is 0.974 bits per heavy atom. The van der Waals surface area contributed by atoms with Crippen molar-refractivity contribution in [2.45, 2.75) is 27.2 Å². The average molecular weight is 523 g/mol. The first-order valence-electron chi connectivity index (χ1n) is 12.6. The highest BCUT2D eigenvalue weighted by Crippen LogP contribution is 2.26. The zero-order chi connectivity index (χ0) is 27.3. The molecule has 39 heavy (non-hydrogen) atoms. The highest BCUT2D eigenvalue weighted by Gasteiger charge is 2.35. The molecule has 11 nitrogen and oxygen atoms in total. The summed E-state index contributed by atoms with van der Waals surface area (Å²) >= 11 is 0. The molecule has 0 spiro atoms. The third kappa shape index (κ3) is 4.37. The number of hydrogen-bond donors (Lipinski definition) is 2. The summed E-state index contributed by atoms with van der Waals surface area (Å²) < 4.78 is 3.00. The largest absolute Gasteiger partial charge is 0.312 e. The Hall–Kier alpha value is -5.06. The molecular formula is C28H26N8O3. The molecule has 2 N–H and O–H groups in total. The first-order valence-corrected chi connectivity index (χ1v) is 12.6. The van der Waals surface area contributed by atoms with Crippen molar-refractivity contribution in [3.63, 3.8) is 0 Å². The maximum atomic E-state index is 13.2. The second-order valence-corrected chi connectivity index (χ2v) is 9.76. The van der Waals surface area contributed by atoms with Crippen LogP contribution < -0.4 is 15.8 Å². The maximum absolute atomic E-state index is 13.2. The molecule has 1 unspecified atom stereocenters. The smallest absolute Gasteiger partial charge is 0.263 e. The number of hydrogen-bond acceptors (Lipinski definition) is 6. The summed E-state index contributed by atoms with van der Waals surface area (Å²) in [4.78, 5) is 47.9. The minimum atomic E-state index is -0.540. The van der Waals surface area contributed by atoms with E-state index in [-0.39, 0.29) is 36.3 Å². The van der Waals surface area contributed by atoms with Gasteiger partial charge in [-0.3, -0.25) is 19.4 Å². The van der Waals surface area contributed by atoms with Gasteiger partial charge in [-0.2, -0.15) is 19.9 Å². The third-order valence-corrected chi connectivity index (χ3v) is 7.01. The summed E-state index contributed by atoms with van der Waals surface area (Å²) in [5, 5.41) is 12.1. The number of aromatic amines is 1. The van der Waals surface area contributed by atoms with Crippen molar-refractivity contribution in [2.75, 3.05) is 16.8 Å². The van der Waals surface area contributed by atoms with Crippen molar-refractivity contribution in [3.8, 4) is 11.6 Å². The second kappa shape index (κ2) is 9.35. The van der Waals surface area contributed by atoms with Crippen molar-refractivity contribution in [1.29, 1.82) is 0 Å². The van der Waals surface area contributed by atoms with Crippen LogP contribution >= 0.6 is 0 Å². The molecule has 11 heteroatoms. The Kier molecular flexibility index (Phi) is 5.82. The summed E-state index contributed by atoms with van der Waals surface area (Å²) in [6.45, 7) is 6.09. The van der Waals surface area contributed by atoms with Crippen molar-refractivity contribution < 1.29 is 9.59 Å². The van der Waals surface area contributed by atoms with Gasteiger partial charge < -0.3 is 10.2 Å². The van der Waals surface area contributed by atoms with Crippen molar-refractivity contribution in [2.24, 2.45) is 5.92 Å². The minimum Gasteiger partial charge on any atom is -0.312 e. The summed E-state index contributed by atoms with van der Waals surface area (Å²) in [6, 6.07) is 16.9. The van der Waals surface area contributed by atoms with Gasteiger partial charge in [-0.1, -0.05) is 24.3 Å². The number of nitrogens with zero attached hydrogens (tertiary/aromatic N) is 6. The molecule has 0 aliphatic carbocycles. The van der Waals surface area contributed by atoms with Crippen LogP contribution in [0.2, 0.25) is 0 Å². The van der Waals surface area contributed by atoms with Gasteiger partial charge in [-0.25, -0.2) is 4.68 Å². The van der Waals surface area contributed by atoms with Crippen LogP contribution in [0.5, 0.6) is 0 Å². The highest BCUT2D eigenvalue weighted by atomic mass is 16.2. The molecule has 3 aromatic heterocycles. The molecule has 5 aromatic rings. The predicted molar refractivity (Wildman–Crippen MR) is 146 cm³/mol. The van der Waals surface area contributed by atoms with Gasteiger partial charge in [-0.05, 0) is 56.2 Å². The Labute approximate surface area is 223 Å². The van der Waals surface area contributed by atoms with Crippen LogP contribution in [-0.4, -0.2) is 47.9 Å². The van der Waals surface area contributed by atoms with Gasteiger partial charge in [0.1, 0.15) is 11.2 Å². The molecule has 0 bridgehead atoms. The fourth-order valence-corrected chi connectivity index (χ4v) is 4.77. The van der Waals surface area contributed by atoms with Gasteiger partial charge in [0, 0.05) is 24.7 Å². The lowest BCUT2D eigenvalue weighted by Gasteiger charge is -2.16. The topological polar surface area (TPSA) is 131 Å². The molecule has 2 aromatic carbocycles. The number of carbonyl (C=O) groups is 2. The Morgan fingerprint density at radius 2 is 1.77 bits per heavy atom. The van der Waals surface area contributed by atoms with Crippen LogP contribution in [0, 0.1) is 26.7 Å². The highest BCUT2D eigenvalue weighted by molar-refractivity contribution is 6.03. The van der Waals surface area contributed by atoms with Crippen LogP contribution in [0.1, 0.15) is 23.2 Å². The van der Waals surface area contributed by atoms with Gasteiger partial charge in [0.25, 0.3) is 5.56 Å². The van der Waals surface area contributed by atoms with Crippen molar-refractivity contribution in [3.05, 3.63) is 88.0 Å². The van der Waals surface area contributed by atoms with Crippen molar-refractivity contribution in [1.82, 2.24) is 29.5 Å². The van der Waals surface area contributed by atoms with Crippen LogP contribution in [0.15, 0.2) is 65.6 Å². The van der Waals surface area contributed by atoms with E-state index >= 15 is 0 Å². The fourth-order valence-electron chi connectivity index (χ4n) is 4.77. The van der Waals surface area contributed by atoms with Gasteiger partial charge in [0.05, 0.1) is 23.5 Å². The predicted octanol–water partition coefficient (Wildman–Crippen LogP) is 3.21. The Morgan fingerprint density at radius 3 is 2.54 bits per heavy atom. The lowest BCUT2D eigenvalue weighted by atomic mass is 10.1. The molecule has 0 radical (unpaired) electrons. The zero-order valence-electron chi connectivity index (χ0n) is 21.7. The van der Waals surface area contributed by atoms with E-state index in [4.69, 9.17) is 0 Å². The molecule has 4 heterocycles. The number of aryl methyl sites for hydroxylation is 3. The monoisotopic (exact) mass is 522 g/mol. The van der Waals surface area contributed by atoms with E-state index in [1.54, 1.807) is 22.6 Å². The first-order chi connectivity index (χ1) is 18.8. The van der Waals surface area contributed by atoms with E-state index in [0.717, 1.165) is 22.5 Å². The molecule has 1 saturated heterocycles. The van der Waals surface area contributed by atoms with E-state index in [1.807, 2.05) is 62.4 Å². The lowest BCUT2D eigenvalue weighted by Crippen LogP contribution is -2.28. The maximum Gasteiger partial charge on any atom is 0.263 e. The van der Waals surface area contributed by atoms with E-state index in [0.29, 0.717) is 22.5 Å². The third-order valence-electron chi connectivity index (χ3n) is 7.01. The second-order valence-electron chi connectivity index (χ2n) is 9.76. The number of para-hydroxylation sites is 1. The molecule has 1 aliphatic rings. The molecule has 1 aliphatic heterocycles. The first kappa shape index (κ1) is 24.3. The molecule has 1 fully saturated rings. The van der Waals surface area contributed by atoms with Gasteiger partial charge >= 0.3 is 0 Å². The summed E-state index contributed by atoms with van der Waals surface area (Å²) in [5.74, 6) is -0.492. The van der Waals surface area contributed by atoms with Gasteiger partial charge in [0.2, 0.25) is 17.8 Å². The normalized spacial score (nSPS) is 15.3. The van der Waals surface area contributed by atoms with E-state index in [2.05, 4.69) is 25.5 Å². The Bertz CT molecular complexity index is 1800. The van der Waals surface area contributed by atoms with Crippen LogP contribution in [0.4, 0.5) is 11.5 Å². The fraction of sp³-hybridized carbons (Fsp3) is 0.214. The molecule has 1 atom stereocenters. The zero-order valence-corrected chi connectivity index (χ0v) is 21.7. The number of amides is 2. The van der Waals surface area contributed by atoms with E-state index in [9.17, 15) is 14.4 Å².